The zero-order chi connectivity index (χ0) is 18.9. The molecular weight excluding hydrogens is 328 g/mol. The van der Waals surface area contributed by atoms with Crippen LogP contribution in [0.2, 0.25) is 0 Å². The molecule has 0 radical (unpaired) electrons. The number of ether oxygens (including phenoxy) is 1. The Morgan fingerprint density at radius 1 is 1.08 bits per heavy atom. The molecule has 0 heterocycles. The molecule has 0 aliphatic rings. The normalized spacial score (nSPS) is 11.9. The molecule has 0 unspecified atom stereocenters. The number of nitrogens with two attached hydrogens (primary N) is 1. The number of rotatable bonds is 6. The highest BCUT2D eigenvalue weighted by Gasteiger charge is 2.22. The van der Waals surface area contributed by atoms with Gasteiger partial charge >= 0.3 is 5.97 Å². The first-order chi connectivity index (χ1) is 12.6. The van der Waals surface area contributed by atoms with E-state index in [1.165, 1.54) is 6.08 Å². The van der Waals surface area contributed by atoms with E-state index < -0.39 is 11.8 Å². The van der Waals surface area contributed by atoms with Crippen LogP contribution in [-0.4, -0.2) is 18.4 Å². The molecule has 5 nitrogen and oxygen atoms in total. The van der Waals surface area contributed by atoms with Crippen molar-refractivity contribution >= 4 is 17.8 Å². The monoisotopic (exact) mass is 346 g/mol. The molecule has 5 heteroatoms. The van der Waals surface area contributed by atoms with Gasteiger partial charge in [0.2, 0.25) is 5.78 Å². The molecule has 0 atom stereocenters. The van der Waals surface area contributed by atoms with Crippen LogP contribution < -0.4 is 5.73 Å². The van der Waals surface area contributed by atoms with Gasteiger partial charge in [-0.15, -0.1) is 0 Å². The van der Waals surface area contributed by atoms with Crippen molar-refractivity contribution < 1.29 is 14.3 Å². The third-order valence-corrected chi connectivity index (χ3v) is 3.54. The van der Waals surface area contributed by atoms with E-state index in [1.807, 2.05) is 12.1 Å². The number of benzene rings is 2. The average molecular weight is 346 g/mol. The number of nitrogens with zero attached hydrogens (tertiary/aromatic N) is 1. The minimum atomic E-state index is -0.692. The molecule has 0 aliphatic carbocycles. The van der Waals surface area contributed by atoms with E-state index >= 15 is 0 Å². The van der Waals surface area contributed by atoms with Gasteiger partial charge in [0.25, 0.3) is 0 Å². The standard InChI is InChI=1S/C21H18N2O3/c1-2-26-21(25)17(13-15-9-5-3-6-10-15)19(23)18(14-22)20(24)16-11-7-4-8-12-16/h3-13H,2,23H2,1H3/b17-13-,19-18-. The van der Waals surface area contributed by atoms with Crippen LogP contribution in [0.4, 0.5) is 0 Å². The van der Waals surface area contributed by atoms with Crippen LogP contribution >= 0.6 is 0 Å². The highest BCUT2D eigenvalue weighted by atomic mass is 16.5. The maximum absolute atomic E-state index is 12.6. The van der Waals surface area contributed by atoms with Gasteiger partial charge < -0.3 is 10.5 Å². The summed E-state index contributed by atoms with van der Waals surface area (Å²) in [6, 6.07) is 19.1. The fraction of sp³-hybridized carbons (Fsp3) is 0.0952. The molecule has 2 rings (SSSR count). The number of Topliss-reactive ketones (excluding diaryl/α,β-unsaturated/α-hetero) is 1. The summed E-state index contributed by atoms with van der Waals surface area (Å²) in [5, 5.41) is 9.47. The number of hydrogen-bond donors (Lipinski definition) is 1. The molecule has 2 aromatic rings. The van der Waals surface area contributed by atoms with Crippen molar-refractivity contribution in [2.75, 3.05) is 6.61 Å². The van der Waals surface area contributed by atoms with Crippen molar-refractivity contribution in [3.05, 3.63) is 88.6 Å². The molecule has 0 bridgehead atoms. The van der Waals surface area contributed by atoms with E-state index in [1.54, 1.807) is 61.5 Å². The fourth-order valence-corrected chi connectivity index (χ4v) is 2.27. The topological polar surface area (TPSA) is 93.2 Å². The van der Waals surface area contributed by atoms with Crippen molar-refractivity contribution in [1.29, 1.82) is 5.26 Å². The number of carbonyl (C=O) groups is 2. The summed E-state index contributed by atoms with van der Waals surface area (Å²) in [5.74, 6) is -1.24. The highest BCUT2D eigenvalue weighted by molar-refractivity contribution is 6.14. The minimum absolute atomic E-state index is 0.0288. The Balaban J connectivity index is 2.56. The summed E-state index contributed by atoms with van der Waals surface area (Å²) >= 11 is 0. The highest BCUT2D eigenvalue weighted by Crippen LogP contribution is 2.19. The van der Waals surface area contributed by atoms with Crippen LogP contribution in [0.1, 0.15) is 22.8 Å². The van der Waals surface area contributed by atoms with Gasteiger partial charge in [-0.25, -0.2) is 4.79 Å². The summed E-state index contributed by atoms with van der Waals surface area (Å²) in [6.07, 6.45) is 1.50. The molecule has 130 valence electrons. The summed E-state index contributed by atoms with van der Waals surface area (Å²) in [4.78, 5) is 25.0. The van der Waals surface area contributed by atoms with Crippen molar-refractivity contribution in [2.45, 2.75) is 6.92 Å². The van der Waals surface area contributed by atoms with Crippen molar-refractivity contribution in [3.63, 3.8) is 0 Å². The van der Waals surface area contributed by atoms with Gasteiger partial charge in [-0.05, 0) is 18.6 Å². The lowest BCUT2D eigenvalue weighted by Crippen LogP contribution is -2.19. The van der Waals surface area contributed by atoms with Crippen LogP contribution in [-0.2, 0) is 9.53 Å². The van der Waals surface area contributed by atoms with Gasteiger partial charge in [0.05, 0.1) is 17.9 Å². The number of allylic oxidation sites excluding steroid dienone is 1. The number of ketones is 1. The maximum atomic E-state index is 12.6. The number of hydrogen-bond acceptors (Lipinski definition) is 5. The van der Waals surface area contributed by atoms with Crippen molar-refractivity contribution in [3.8, 4) is 6.07 Å². The van der Waals surface area contributed by atoms with Crippen LogP contribution in [0, 0.1) is 11.3 Å². The smallest absolute Gasteiger partial charge is 0.340 e. The molecule has 0 spiro atoms. The summed E-state index contributed by atoms with van der Waals surface area (Å²) in [5.41, 5.74) is 6.54. The van der Waals surface area contributed by atoms with E-state index in [4.69, 9.17) is 10.5 Å². The lowest BCUT2D eigenvalue weighted by atomic mass is 9.98. The molecule has 0 saturated heterocycles. The largest absolute Gasteiger partial charge is 0.462 e. The van der Waals surface area contributed by atoms with Crippen LogP contribution in [0.3, 0.4) is 0 Å². The third-order valence-electron chi connectivity index (χ3n) is 3.54. The first-order valence-electron chi connectivity index (χ1n) is 8.02. The Hall–Kier alpha value is -3.65. The molecule has 0 saturated carbocycles. The van der Waals surface area contributed by atoms with Crippen LogP contribution in [0.25, 0.3) is 6.08 Å². The van der Waals surface area contributed by atoms with Gasteiger partial charge in [0.15, 0.2) is 0 Å². The third kappa shape index (κ3) is 4.46. The molecule has 0 fully saturated rings. The second kappa shape index (κ2) is 9.00. The first kappa shape index (κ1) is 18.7. The van der Waals surface area contributed by atoms with E-state index in [2.05, 4.69) is 0 Å². The molecule has 0 aliphatic heterocycles. The first-order valence-corrected chi connectivity index (χ1v) is 8.02. The van der Waals surface area contributed by atoms with Gasteiger partial charge in [0, 0.05) is 5.56 Å². The number of nitriles is 1. The van der Waals surface area contributed by atoms with E-state index in [0.717, 1.165) is 0 Å². The predicted molar refractivity (Wildman–Crippen MR) is 98.7 cm³/mol. The summed E-state index contributed by atoms with van der Waals surface area (Å²) < 4.78 is 5.04. The van der Waals surface area contributed by atoms with Crippen LogP contribution in [0.5, 0.6) is 0 Å². The summed E-state index contributed by atoms with van der Waals surface area (Å²) in [6.45, 7) is 1.81. The Labute approximate surface area is 152 Å². The zero-order valence-electron chi connectivity index (χ0n) is 14.3. The molecule has 2 N–H and O–H groups in total. The average Bonchev–Trinajstić information content (AvgIpc) is 2.68. The Morgan fingerprint density at radius 3 is 2.19 bits per heavy atom. The molecular formula is C21H18N2O3. The quantitative estimate of drug-likeness (QED) is 0.285. The van der Waals surface area contributed by atoms with E-state index in [9.17, 15) is 14.9 Å². The van der Waals surface area contributed by atoms with E-state index in [-0.39, 0.29) is 23.5 Å². The Kier molecular flexibility index (Phi) is 6.47. The Morgan fingerprint density at radius 2 is 1.65 bits per heavy atom. The number of esters is 1. The van der Waals surface area contributed by atoms with Gasteiger partial charge in [0.1, 0.15) is 11.6 Å². The fourth-order valence-electron chi connectivity index (χ4n) is 2.27. The van der Waals surface area contributed by atoms with Gasteiger partial charge in [-0.2, -0.15) is 5.26 Å². The second-order valence-electron chi connectivity index (χ2n) is 5.28. The SMILES string of the molecule is CCOC(=O)C(=C\c1ccccc1)/C(N)=C(\C#N)C(=O)c1ccccc1. The Bertz CT molecular complexity index is 892. The molecule has 0 aromatic heterocycles. The van der Waals surface area contributed by atoms with Crippen molar-refractivity contribution in [2.24, 2.45) is 5.73 Å². The molecule has 2 aromatic carbocycles. The molecule has 0 amide bonds. The maximum Gasteiger partial charge on any atom is 0.340 e. The predicted octanol–water partition coefficient (Wildman–Crippen LogP) is 3.25. The number of carbonyl (C=O) groups excluding carboxylic acids is 2. The van der Waals surface area contributed by atoms with E-state index in [0.29, 0.717) is 11.1 Å². The molecule has 26 heavy (non-hydrogen) atoms. The second-order valence-corrected chi connectivity index (χ2v) is 5.28. The lowest BCUT2D eigenvalue weighted by Gasteiger charge is -2.10. The summed E-state index contributed by atoms with van der Waals surface area (Å²) in [7, 11) is 0. The van der Waals surface area contributed by atoms with Gasteiger partial charge in [-0.1, -0.05) is 60.7 Å². The lowest BCUT2D eigenvalue weighted by molar-refractivity contribution is -0.138. The van der Waals surface area contributed by atoms with Crippen molar-refractivity contribution in [1.82, 2.24) is 0 Å². The van der Waals surface area contributed by atoms with Gasteiger partial charge in [-0.3, -0.25) is 4.79 Å². The van der Waals surface area contributed by atoms with Crippen LogP contribution in [0.15, 0.2) is 77.5 Å². The zero-order valence-corrected chi connectivity index (χ0v) is 14.3. The minimum Gasteiger partial charge on any atom is -0.462 e.